The van der Waals surface area contributed by atoms with Crippen LogP contribution in [0.3, 0.4) is 0 Å². The Morgan fingerprint density at radius 1 is 1.00 bits per heavy atom. The lowest BCUT2D eigenvalue weighted by Crippen LogP contribution is -2.33. The third-order valence-corrected chi connectivity index (χ3v) is 3.93. The SMILES string of the molecule is CC(=O)N(CCC(=O)NCc1ccc(Cl)cc1)Cc1ccccc1. The number of hydrogen-bond acceptors (Lipinski definition) is 2. The summed E-state index contributed by atoms with van der Waals surface area (Å²) < 4.78 is 0. The van der Waals surface area contributed by atoms with Crippen molar-refractivity contribution in [3.8, 4) is 0 Å². The van der Waals surface area contributed by atoms with Gasteiger partial charge in [0, 0.05) is 38.0 Å². The van der Waals surface area contributed by atoms with Crippen molar-refractivity contribution < 1.29 is 9.59 Å². The Kier molecular flexibility index (Phi) is 6.82. The van der Waals surface area contributed by atoms with Crippen molar-refractivity contribution in [2.75, 3.05) is 6.54 Å². The predicted octanol–water partition coefficient (Wildman–Crippen LogP) is 3.40. The minimum atomic E-state index is -0.0794. The third-order valence-electron chi connectivity index (χ3n) is 3.67. The van der Waals surface area contributed by atoms with Crippen molar-refractivity contribution >= 4 is 23.4 Å². The second kappa shape index (κ2) is 9.08. The van der Waals surface area contributed by atoms with E-state index in [-0.39, 0.29) is 18.2 Å². The van der Waals surface area contributed by atoms with E-state index in [2.05, 4.69) is 5.32 Å². The monoisotopic (exact) mass is 344 g/mol. The smallest absolute Gasteiger partial charge is 0.222 e. The maximum Gasteiger partial charge on any atom is 0.222 e. The fraction of sp³-hybridized carbons (Fsp3) is 0.263. The Balaban J connectivity index is 1.79. The molecule has 0 aliphatic carbocycles. The van der Waals surface area contributed by atoms with Crippen molar-refractivity contribution in [3.05, 3.63) is 70.7 Å². The number of carbonyl (C=O) groups excluding carboxylic acids is 2. The molecule has 2 aromatic carbocycles. The van der Waals surface area contributed by atoms with Gasteiger partial charge in [-0.1, -0.05) is 54.1 Å². The van der Waals surface area contributed by atoms with Crippen LogP contribution in [0.15, 0.2) is 54.6 Å². The van der Waals surface area contributed by atoms with Gasteiger partial charge in [-0.05, 0) is 23.3 Å². The average Bonchev–Trinajstić information content (AvgIpc) is 2.58. The van der Waals surface area contributed by atoms with E-state index in [0.717, 1.165) is 11.1 Å². The average molecular weight is 345 g/mol. The summed E-state index contributed by atoms with van der Waals surface area (Å²) in [4.78, 5) is 25.4. The number of hydrogen-bond donors (Lipinski definition) is 1. The molecule has 126 valence electrons. The number of carbonyl (C=O) groups is 2. The lowest BCUT2D eigenvalue weighted by molar-refractivity contribution is -0.130. The highest BCUT2D eigenvalue weighted by Gasteiger charge is 2.11. The van der Waals surface area contributed by atoms with E-state index in [1.54, 1.807) is 17.0 Å². The lowest BCUT2D eigenvalue weighted by atomic mass is 10.2. The van der Waals surface area contributed by atoms with E-state index in [1.165, 1.54) is 6.92 Å². The van der Waals surface area contributed by atoms with Crippen LogP contribution < -0.4 is 5.32 Å². The van der Waals surface area contributed by atoms with Gasteiger partial charge in [-0.25, -0.2) is 0 Å². The number of nitrogens with one attached hydrogen (secondary N) is 1. The highest BCUT2D eigenvalue weighted by Crippen LogP contribution is 2.09. The van der Waals surface area contributed by atoms with Crippen LogP contribution in [0.4, 0.5) is 0 Å². The molecule has 2 rings (SSSR count). The van der Waals surface area contributed by atoms with Crippen molar-refractivity contribution in [1.82, 2.24) is 10.2 Å². The van der Waals surface area contributed by atoms with Gasteiger partial charge in [-0.2, -0.15) is 0 Å². The molecule has 5 heteroatoms. The second-order valence-electron chi connectivity index (χ2n) is 5.58. The molecule has 0 saturated carbocycles. The molecule has 0 fully saturated rings. The first-order chi connectivity index (χ1) is 11.5. The van der Waals surface area contributed by atoms with Gasteiger partial charge in [-0.3, -0.25) is 9.59 Å². The highest BCUT2D eigenvalue weighted by atomic mass is 35.5. The molecule has 0 saturated heterocycles. The Morgan fingerprint density at radius 3 is 2.29 bits per heavy atom. The van der Waals surface area contributed by atoms with Gasteiger partial charge in [0.2, 0.25) is 11.8 Å². The van der Waals surface area contributed by atoms with Gasteiger partial charge in [-0.15, -0.1) is 0 Å². The molecule has 2 aromatic rings. The molecule has 0 radical (unpaired) electrons. The Bertz CT molecular complexity index is 672. The molecular formula is C19H21ClN2O2. The van der Waals surface area contributed by atoms with Crippen LogP contribution in [0.25, 0.3) is 0 Å². The number of rotatable bonds is 7. The molecule has 0 bridgehead atoms. The zero-order valence-corrected chi connectivity index (χ0v) is 14.4. The molecule has 0 spiro atoms. The molecule has 0 aromatic heterocycles. The van der Waals surface area contributed by atoms with Crippen LogP contribution in [0.5, 0.6) is 0 Å². The summed E-state index contributed by atoms with van der Waals surface area (Å²) in [6.45, 7) is 2.89. The number of benzene rings is 2. The molecule has 0 atom stereocenters. The third kappa shape index (κ3) is 6.05. The Morgan fingerprint density at radius 2 is 1.67 bits per heavy atom. The molecule has 0 unspecified atom stereocenters. The molecule has 0 aliphatic heterocycles. The standard InChI is InChI=1S/C19H21ClN2O2/c1-15(23)22(14-17-5-3-2-4-6-17)12-11-19(24)21-13-16-7-9-18(20)10-8-16/h2-10H,11-14H2,1H3,(H,21,24). The summed E-state index contributed by atoms with van der Waals surface area (Å²) in [6, 6.07) is 17.1. The summed E-state index contributed by atoms with van der Waals surface area (Å²) in [7, 11) is 0. The van der Waals surface area contributed by atoms with E-state index >= 15 is 0 Å². The van der Waals surface area contributed by atoms with Crippen molar-refractivity contribution in [2.24, 2.45) is 0 Å². The largest absolute Gasteiger partial charge is 0.352 e. The van der Waals surface area contributed by atoms with Crippen molar-refractivity contribution in [3.63, 3.8) is 0 Å². The van der Waals surface area contributed by atoms with Crippen LogP contribution in [-0.2, 0) is 22.7 Å². The topological polar surface area (TPSA) is 49.4 Å². The van der Waals surface area contributed by atoms with Crippen LogP contribution in [0.1, 0.15) is 24.5 Å². The Labute approximate surface area is 147 Å². The summed E-state index contributed by atoms with van der Waals surface area (Å²) in [5.74, 6) is -0.117. The van der Waals surface area contributed by atoms with Crippen molar-refractivity contribution in [1.29, 1.82) is 0 Å². The summed E-state index contributed by atoms with van der Waals surface area (Å²) >= 11 is 5.83. The van der Waals surface area contributed by atoms with Crippen LogP contribution in [0, 0.1) is 0 Å². The van der Waals surface area contributed by atoms with Gasteiger partial charge in [0.15, 0.2) is 0 Å². The van der Waals surface area contributed by atoms with E-state index in [1.807, 2.05) is 42.5 Å². The predicted molar refractivity (Wildman–Crippen MR) is 95.4 cm³/mol. The molecule has 0 aliphatic rings. The van der Waals surface area contributed by atoms with E-state index in [0.29, 0.717) is 24.7 Å². The second-order valence-corrected chi connectivity index (χ2v) is 6.02. The van der Waals surface area contributed by atoms with Gasteiger partial charge >= 0.3 is 0 Å². The maximum absolute atomic E-state index is 12.0. The van der Waals surface area contributed by atoms with Gasteiger partial charge in [0.1, 0.15) is 0 Å². The lowest BCUT2D eigenvalue weighted by Gasteiger charge is -2.21. The van der Waals surface area contributed by atoms with Gasteiger partial charge in [0.25, 0.3) is 0 Å². The number of halogens is 1. The molecular weight excluding hydrogens is 324 g/mol. The quantitative estimate of drug-likeness (QED) is 0.837. The van der Waals surface area contributed by atoms with Crippen LogP contribution >= 0.6 is 11.6 Å². The van der Waals surface area contributed by atoms with E-state index < -0.39 is 0 Å². The molecule has 0 heterocycles. The van der Waals surface area contributed by atoms with Crippen molar-refractivity contribution in [2.45, 2.75) is 26.4 Å². The fourth-order valence-corrected chi connectivity index (χ4v) is 2.41. The van der Waals surface area contributed by atoms with E-state index in [9.17, 15) is 9.59 Å². The van der Waals surface area contributed by atoms with Gasteiger partial charge < -0.3 is 10.2 Å². The summed E-state index contributed by atoms with van der Waals surface area (Å²) in [5, 5.41) is 3.53. The molecule has 24 heavy (non-hydrogen) atoms. The molecule has 1 N–H and O–H groups in total. The number of nitrogens with zero attached hydrogens (tertiary/aromatic N) is 1. The first kappa shape index (κ1) is 18.0. The fourth-order valence-electron chi connectivity index (χ4n) is 2.28. The zero-order chi connectivity index (χ0) is 17.4. The minimum Gasteiger partial charge on any atom is -0.352 e. The zero-order valence-electron chi connectivity index (χ0n) is 13.7. The first-order valence-electron chi connectivity index (χ1n) is 7.85. The van der Waals surface area contributed by atoms with Crippen LogP contribution in [0.2, 0.25) is 5.02 Å². The molecule has 4 nitrogen and oxygen atoms in total. The van der Waals surface area contributed by atoms with Gasteiger partial charge in [0.05, 0.1) is 0 Å². The Hall–Kier alpha value is -2.33. The summed E-state index contributed by atoms with van der Waals surface area (Å²) in [6.07, 6.45) is 0.278. The first-order valence-corrected chi connectivity index (χ1v) is 8.23. The number of amides is 2. The van der Waals surface area contributed by atoms with E-state index in [4.69, 9.17) is 11.6 Å². The van der Waals surface area contributed by atoms with Crippen LogP contribution in [-0.4, -0.2) is 23.3 Å². The highest BCUT2D eigenvalue weighted by molar-refractivity contribution is 6.30. The minimum absolute atomic E-state index is 0.0376. The summed E-state index contributed by atoms with van der Waals surface area (Å²) in [5.41, 5.74) is 2.04. The maximum atomic E-state index is 12.0. The molecule has 2 amide bonds. The normalized spacial score (nSPS) is 10.2.